The molecule has 0 saturated heterocycles. The van der Waals surface area contributed by atoms with Gasteiger partial charge in [0.2, 0.25) is 0 Å². The van der Waals surface area contributed by atoms with Gasteiger partial charge in [0, 0.05) is 6.20 Å². The molecular weight excluding hydrogens is 239 g/mol. The number of thiazole rings is 1. The van der Waals surface area contributed by atoms with Crippen LogP contribution in [0.3, 0.4) is 0 Å². The van der Waals surface area contributed by atoms with E-state index in [0.29, 0.717) is 16.2 Å². The van der Waals surface area contributed by atoms with Crippen LogP contribution in [0.5, 0.6) is 0 Å². The molecule has 1 aliphatic carbocycles. The summed E-state index contributed by atoms with van der Waals surface area (Å²) in [7, 11) is 0. The molecule has 6 heteroatoms. The highest BCUT2D eigenvalue weighted by atomic mass is 32.1. The molecule has 2 rings (SSSR count). The summed E-state index contributed by atoms with van der Waals surface area (Å²) in [5, 5.41) is 8.99. The molecule has 2 nitrogen and oxygen atoms in total. The lowest BCUT2D eigenvalue weighted by atomic mass is 10.1. The first-order valence-electron chi connectivity index (χ1n) is 4.93. The number of hydrogen-bond donors (Lipinski definition) is 1. The van der Waals surface area contributed by atoms with E-state index in [1.807, 2.05) is 13.8 Å². The van der Waals surface area contributed by atoms with Crippen molar-refractivity contribution in [2.45, 2.75) is 32.5 Å². The highest BCUT2D eigenvalue weighted by Gasteiger charge is 2.51. The van der Waals surface area contributed by atoms with Gasteiger partial charge in [0.1, 0.15) is 0 Å². The number of aliphatic hydroxyl groups is 1. The molecule has 1 heterocycles. The average molecular weight is 251 g/mol. The van der Waals surface area contributed by atoms with Gasteiger partial charge in [-0.2, -0.15) is 13.2 Å². The van der Waals surface area contributed by atoms with E-state index in [2.05, 4.69) is 4.98 Å². The second-order valence-electron chi connectivity index (χ2n) is 4.81. The fourth-order valence-corrected chi connectivity index (χ4v) is 2.63. The summed E-state index contributed by atoms with van der Waals surface area (Å²) in [6.07, 6.45) is -3.26. The van der Waals surface area contributed by atoms with Gasteiger partial charge in [-0.3, -0.25) is 0 Å². The standard InChI is InChI=1S/C10H12F3NOS/c1-9(2)3-5(9)7(15)6-4-14-8(16-6)10(11,12)13/h4-5,7,15H,3H2,1-2H3. The smallest absolute Gasteiger partial charge is 0.387 e. The molecule has 0 radical (unpaired) electrons. The Kier molecular flexibility index (Phi) is 2.54. The number of aromatic nitrogens is 1. The van der Waals surface area contributed by atoms with Crippen LogP contribution in [0.25, 0.3) is 0 Å². The maximum absolute atomic E-state index is 12.3. The Morgan fingerprint density at radius 3 is 2.50 bits per heavy atom. The van der Waals surface area contributed by atoms with Gasteiger partial charge in [-0.15, -0.1) is 11.3 Å². The van der Waals surface area contributed by atoms with Crippen LogP contribution in [0.4, 0.5) is 13.2 Å². The van der Waals surface area contributed by atoms with Crippen LogP contribution < -0.4 is 0 Å². The molecule has 0 amide bonds. The molecule has 1 saturated carbocycles. The van der Waals surface area contributed by atoms with Gasteiger partial charge < -0.3 is 5.11 Å². The van der Waals surface area contributed by atoms with Gasteiger partial charge in [0.25, 0.3) is 0 Å². The fraction of sp³-hybridized carbons (Fsp3) is 0.700. The van der Waals surface area contributed by atoms with Crippen molar-refractivity contribution in [3.05, 3.63) is 16.1 Å². The van der Waals surface area contributed by atoms with Crippen LogP contribution in [-0.4, -0.2) is 10.1 Å². The molecule has 1 aliphatic rings. The number of halogens is 3. The molecule has 2 unspecified atom stereocenters. The number of hydrogen-bond acceptors (Lipinski definition) is 3. The third-order valence-corrected chi connectivity index (χ3v) is 4.14. The van der Waals surface area contributed by atoms with Crippen molar-refractivity contribution >= 4 is 11.3 Å². The van der Waals surface area contributed by atoms with Gasteiger partial charge in [-0.25, -0.2) is 4.98 Å². The van der Waals surface area contributed by atoms with Crippen LogP contribution in [0, 0.1) is 11.3 Å². The Bertz CT molecular complexity index is 399. The Balaban J connectivity index is 2.14. The number of rotatable bonds is 2. The van der Waals surface area contributed by atoms with Gasteiger partial charge >= 0.3 is 6.18 Å². The van der Waals surface area contributed by atoms with Crippen LogP contribution in [0.15, 0.2) is 6.20 Å². The highest BCUT2D eigenvalue weighted by molar-refractivity contribution is 7.11. The van der Waals surface area contributed by atoms with E-state index >= 15 is 0 Å². The van der Waals surface area contributed by atoms with E-state index < -0.39 is 17.3 Å². The van der Waals surface area contributed by atoms with E-state index in [9.17, 15) is 18.3 Å². The zero-order valence-corrected chi connectivity index (χ0v) is 9.69. The first-order chi connectivity index (χ1) is 7.22. The largest absolute Gasteiger partial charge is 0.443 e. The van der Waals surface area contributed by atoms with Crippen molar-refractivity contribution in [1.82, 2.24) is 4.98 Å². The first kappa shape index (κ1) is 11.9. The maximum atomic E-state index is 12.3. The van der Waals surface area contributed by atoms with Crippen molar-refractivity contribution < 1.29 is 18.3 Å². The molecule has 1 aromatic rings. The molecule has 0 bridgehead atoms. The summed E-state index contributed by atoms with van der Waals surface area (Å²) >= 11 is 0.531. The monoisotopic (exact) mass is 251 g/mol. The predicted octanol–water partition coefficient (Wildman–Crippen LogP) is 3.24. The molecule has 90 valence electrons. The normalized spacial score (nSPS) is 25.5. The lowest BCUT2D eigenvalue weighted by Crippen LogP contribution is -2.03. The lowest BCUT2D eigenvalue weighted by Gasteiger charge is -2.09. The van der Waals surface area contributed by atoms with E-state index in [-0.39, 0.29) is 11.3 Å². The Morgan fingerprint density at radius 2 is 2.12 bits per heavy atom. The maximum Gasteiger partial charge on any atom is 0.443 e. The summed E-state index contributed by atoms with van der Waals surface area (Å²) in [6.45, 7) is 3.99. The highest BCUT2D eigenvalue weighted by Crippen LogP contribution is 2.58. The van der Waals surface area contributed by atoms with Crippen LogP contribution in [0.2, 0.25) is 0 Å². The third kappa shape index (κ3) is 2.08. The summed E-state index contributed by atoms with van der Waals surface area (Å²) in [4.78, 5) is 3.61. The Hall–Kier alpha value is -0.620. The molecular formula is C10H12F3NOS. The topological polar surface area (TPSA) is 33.1 Å². The van der Waals surface area contributed by atoms with E-state index in [1.165, 1.54) is 0 Å². The SMILES string of the molecule is CC1(C)CC1C(O)c1cnc(C(F)(F)F)s1. The molecule has 2 atom stereocenters. The van der Waals surface area contributed by atoms with E-state index in [1.54, 1.807) is 0 Å². The minimum atomic E-state index is -4.41. The van der Waals surface area contributed by atoms with Gasteiger partial charge in [-0.1, -0.05) is 13.8 Å². The fourth-order valence-electron chi connectivity index (χ4n) is 1.80. The lowest BCUT2D eigenvalue weighted by molar-refractivity contribution is -0.137. The second kappa shape index (κ2) is 3.43. The summed E-state index contributed by atoms with van der Waals surface area (Å²) in [6, 6.07) is 0. The Labute approximate surface area is 95.1 Å². The van der Waals surface area contributed by atoms with Gasteiger partial charge in [-0.05, 0) is 17.8 Å². The Morgan fingerprint density at radius 1 is 1.56 bits per heavy atom. The molecule has 1 fully saturated rings. The molecule has 0 aliphatic heterocycles. The van der Waals surface area contributed by atoms with E-state index in [0.717, 1.165) is 12.6 Å². The summed E-state index contributed by atoms with van der Waals surface area (Å²) < 4.78 is 36.9. The summed E-state index contributed by atoms with van der Waals surface area (Å²) in [5.41, 5.74) is 0.0296. The van der Waals surface area contributed by atoms with E-state index in [4.69, 9.17) is 0 Å². The zero-order chi connectivity index (χ0) is 12.1. The average Bonchev–Trinajstić information content (AvgIpc) is 2.65. The first-order valence-corrected chi connectivity index (χ1v) is 5.74. The van der Waals surface area contributed by atoms with Crippen molar-refractivity contribution in [2.75, 3.05) is 0 Å². The molecule has 0 aromatic carbocycles. The summed E-state index contributed by atoms with van der Waals surface area (Å²) in [5.74, 6) is 0.0500. The zero-order valence-electron chi connectivity index (χ0n) is 8.88. The third-order valence-electron chi connectivity index (χ3n) is 3.03. The quantitative estimate of drug-likeness (QED) is 0.875. The molecule has 16 heavy (non-hydrogen) atoms. The van der Waals surface area contributed by atoms with Crippen molar-refractivity contribution in [3.63, 3.8) is 0 Å². The van der Waals surface area contributed by atoms with Crippen LogP contribution in [-0.2, 0) is 6.18 Å². The van der Waals surface area contributed by atoms with Gasteiger partial charge in [0.05, 0.1) is 11.0 Å². The minimum Gasteiger partial charge on any atom is -0.387 e. The predicted molar refractivity (Wildman–Crippen MR) is 54.0 cm³/mol. The van der Waals surface area contributed by atoms with Crippen LogP contribution in [0.1, 0.15) is 36.3 Å². The molecule has 0 spiro atoms. The number of nitrogens with zero attached hydrogens (tertiary/aromatic N) is 1. The van der Waals surface area contributed by atoms with Crippen molar-refractivity contribution in [3.8, 4) is 0 Å². The second-order valence-corrected chi connectivity index (χ2v) is 5.87. The number of aliphatic hydroxyl groups excluding tert-OH is 1. The van der Waals surface area contributed by atoms with Gasteiger partial charge in [0.15, 0.2) is 5.01 Å². The molecule has 1 N–H and O–H groups in total. The van der Waals surface area contributed by atoms with Crippen LogP contribution >= 0.6 is 11.3 Å². The van der Waals surface area contributed by atoms with Crippen molar-refractivity contribution in [1.29, 1.82) is 0 Å². The van der Waals surface area contributed by atoms with Crippen molar-refractivity contribution in [2.24, 2.45) is 11.3 Å². The minimum absolute atomic E-state index is 0.0296. The number of alkyl halides is 3. The molecule has 1 aromatic heterocycles.